The smallest absolute Gasteiger partial charge is 0.175 e. The van der Waals surface area contributed by atoms with Gasteiger partial charge in [0.1, 0.15) is 0 Å². The summed E-state index contributed by atoms with van der Waals surface area (Å²) in [5.41, 5.74) is 6.99. The summed E-state index contributed by atoms with van der Waals surface area (Å²) in [6, 6.07) is 5.33. The van der Waals surface area contributed by atoms with Crippen molar-refractivity contribution in [3.8, 4) is 0 Å². The molecule has 1 aromatic carbocycles. The lowest BCUT2D eigenvalue weighted by atomic mass is 10.3. The van der Waals surface area contributed by atoms with Crippen LogP contribution in [0.3, 0.4) is 0 Å². The summed E-state index contributed by atoms with van der Waals surface area (Å²) in [6.45, 7) is 0. The third kappa shape index (κ3) is 2.08. The average Bonchev–Trinajstić information content (AvgIpc) is 2.53. The Morgan fingerprint density at radius 1 is 1.38 bits per heavy atom. The van der Waals surface area contributed by atoms with E-state index in [0.717, 1.165) is 0 Å². The second kappa shape index (κ2) is 4.23. The van der Waals surface area contributed by atoms with Crippen molar-refractivity contribution in [3.63, 3.8) is 0 Å². The molecule has 0 amide bonds. The van der Waals surface area contributed by atoms with Crippen molar-refractivity contribution in [2.45, 2.75) is 0 Å². The maximum Gasteiger partial charge on any atom is 0.175 e. The lowest BCUT2D eigenvalue weighted by molar-refractivity contribution is 0.771. The van der Waals surface area contributed by atoms with Crippen molar-refractivity contribution < 1.29 is 0 Å². The number of anilines is 3. The highest BCUT2D eigenvalue weighted by Gasteiger charge is 2.08. The molecule has 0 fully saturated rings. The van der Waals surface area contributed by atoms with Crippen LogP contribution in [0.15, 0.2) is 24.4 Å². The van der Waals surface area contributed by atoms with Crippen LogP contribution in [-0.2, 0) is 7.05 Å². The molecular weight excluding hydrogens is 247 g/mol. The summed E-state index contributed by atoms with van der Waals surface area (Å²) in [5, 5.41) is 8.12. The van der Waals surface area contributed by atoms with Gasteiger partial charge in [-0.2, -0.15) is 5.10 Å². The van der Waals surface area contributed by atoms with Gasteiger partial charge in [0.15, 0.2) is 5.82 Å². The zero-order chi connectivity index (χ0) is 11.7. The van der Waals surface area contributed by atoms with E-state index in [1.807, 2.05) is 6.07 Å². The molecule has 4 nitrogen and oxygen atoms in total. The van der Waals surface area contributed by atoms with Crippen molar-refractivity contribution >= 4 is 40.4 Å². The van der Waals surface area contributed by atoms with Gasteiger partial charge in [-0.05, 0) is 12.1 Å². The first-order chi connectivity index (χ1) is 7.58. The molecule has 16 heavy (non-hydrogen) atoms. The summed E-state index contributed by atoms with van der Waals surface area (Å²) < 4.78 is 1.62. The van der Waals surface area contributed by atoms with Crippen LogP contribution in [0.2, 0.25) is 10.0 Å². The van der Waals surface area contributed by atoms with E-state index < -0.39 is 0 Å². The standard InChI is InChI=1S/C10H10Cl2N4/c1-16-5-7(13)10(15-16)14-8-4-2-3-6(11)9(8)12/h2-5H,13H2,1H3,(H,14,15). The summed E-state index contributed by atoms with van der Waals surface area (Å²) in [5.74, 6) is 0.562. The predicted molar refractivity (Wildman–Crippen MR) is 67.4 cm³/mol. The van der Waals surface area contributed by atoms with Crippen molar-refractivity contribution in [2.24, 2.45) is 7.05 Å². The Kier molecular flexibility index (Phi) is 2.94. The van der Waals surface area contributed by atoms with Gasteiger partial charge < -0.3 is 11.1 Å². The Morgan fingerprint density at radius 3 is 2.75 bits per heavy atom. The molecule has 0 unspecified atom stereocenters. The fourth-order valence-electron chi connectivity index (χ4n) is 1.33. The van der Waals surface area contributed by atoms with E-state index in [4.69, 9.17) is 28.9 Å². The summed E-state index contributed by atoms with van der Waals surface area (Å²) in [7, 11) is 1.79. The van der Waals surface area contributed by atoms with E-state index in [1.165, 1.54) is 0 Å². The molecule has 0 aliphatic heterocycles. The first-order valence-corrected chi connectivity index (χ1v) is 5.33. The van der Waals surface area contributed by atoms with Crippen molar-refractivity contribution in [2.75, 3.05) is 11.1 Å². The van der Waals surface area contributed by atoms with Crippen LogP contribution >= 0.6 is 23.2 Å². The number of hydrogen-bond donors (Lipinski definition) is 2. The Labute approximate surface area is 103 Å². The van der Waals surface area contributed by atoms with Crippen LogP contribution in [0, 0.1) is 0 Å². The van der Waals surface area contributed by atoms with E-state index in [2.05, 4.69) is 10.4 Å². The minimum Gasteiger partial charge on any atom is -0.394 e. The highest BCUT2D eigenvalue weighted by Crippen LogP contribution is 2.32. The summed E-state index contributed by atoms with van der Waals surface area (Å²) in [4.78, 5) is 0. The summed E-state index contributed by atoms with van der Waals surface area (Å²) in [6.07, 6.45) is 1.71. The fourth-order valence-corrected chi connectivity index (χ4v) is 1.68. The highest BCUT2D eigenvalue weighted by atomic mass is 35.5. The largest absolute Gasteiger partial charge is 0.394 e. The molecule has 3 N–H and O–H groups in total. The average molecular weight is 257 g/mol. The third-order valence-electron chi connectivity index (χ3n) is 2.06. The number of nitrogens with one attached hydrogen (secondary N) is 1. The molecule has 1 aromatic heterocycles. The molecule has 0 aliphatic rings. The number of aryl methyl sites for hydroxylation is 1. The SMILES string of the molecule is Cn1cc(N)c(Nc2cccc(Cl)c2Cl)n1. The number of hydrogen-bond acceptors (Lipinski definition) is 3. The molecule has 1 heterocycles. The Bertz CT molecular complexity index is 522. The zero-order valence-corrected chi connectivity index (χ0v) is 10.0. The van der Waals surface area contributed by atoms with Crippen LogP contribution in [-0.4, -0.2) is 9.78 Å². The molecule has 2 aromatic rings. The Balaban J connectivity index is 2.34. The van der Waals surface area contributed by atoms with Gasteiger partial charge in [0, 0.05) is 13.2 Å². The van der Waals surface area contributed by atoms with Gasteiger partial charge >= 0.3 is 0 Å². The maximum atomic E-state index is 6.03. The van der Waals surface area contributed by atoms with Crippen LogP contribution in [0.25, 0.3) is 0 Å². The lowest BCUT2D eigenvalue weighted by Crippen LogP contribution is -1.96. The van der Waals surface area contributed by atoms with E-state index in [0.29, 0.717) is 27.2 Å². The molecule has 0 aliphatic carbocycles. The molecule has 0 saturated heterocycles. The number of benzene rings is 1. The zero-order valence-electron chi connectivity index (χ0n) is 8.54. The number of halogens is 2. The number of nitrogens with zero attached hydrogens (tertiary/aromatic N) is 2. The van der Waals surface area contributed by atoms with E-state index in [9.17, 15) is 0 Å². The van der Waals surface area contributed by atoms with Gasteiger partial charge in [-0.3, -0.25) is 4.68 Å². The second-order valence-electron chi connectivity index (χ2n) is 3.33. The number of rotatable bonds is 2. The van der Waals surface area contributed by atoms with Crippen LogP contribution in [0.1, 0.15) is 0 Å². The second-order valence-corrected chi connectivity index (χ2v) is 4.12. The first-order valence-electron chi connectivity index (χ1n) is 4.58. The monoisotopic (exact) mass is 256 g/mol. The predicted octanol–water partition coefficient (Wildman–Crippen LogP) is 3.05. The molecule has 84 valence electrons. The van der Waals surface area contributed by atoms with Crippen molar-refractivity contribution in [3.05, 3.63) is 34.4 Å². The van der Waals surface area contributed by atoms with Gasteiger partial charge in [-0.1, -0.05) is 29.3 Å². The first kappa shape index (κ1) is 11.1. The quantitative estimate of drug-likeness (QED) is 0.869. The fraction of sp³-hybridized carbons (Fsp3) is 0.100. The minimum absolute atomic E-state index is 0.453. The normalized spacial score (nSPS) is 10.4. The van der Waals surface area contributed by atoms with Gasteiger partial charge in [-0.25, -0.2) is 0 Å². The third-order valence-corrected chi connectivity index (χ3v) is 2.88. The summed E-state index contributed by atoms with van der Waals surface area (Å²) >= 11 is 11.9. The van der Waals surface area contributed by atoms with Gasteiger partial charge in [0.05, 0.1) is 21.4 Å². The van der Waals surface area contributed by atoms with Crippen molar-refractivity contribution in [1.29, 1.82) is 0 Å². The Hall–Kier alpha value is -1.39. The van der Waals surface area contributed by atoms with Gasteiger partial charge in [0.25, 0.3) is 0 Å². The Morgan fingerprint density at radius 2 is 2.12 bits per heavy atom. The van der Waals surface area contributed by atoms with E-state index in [-0.39, 0.29) is 0 Å². The van der Waals surface area contributed by atoms with E-state index >= 15 is 0 Å². The molecule has 6 heteroatoms. The topological polar surface area (TPSA) is 55.9 Å². The molecule has 0 atom stereocenters. The van der Waals surface area contributed by atoms with Crippen LogP contribution in [0.4, 0.5) is 17.2 Å². The van der Waals surface area contributed by atoms with Crippen molar-refractivity contribution in [1.82, 2.24) is 9.78 Å². The molecule has 0 spiro atoms. The van der Waals surface area contributed by atoms with Crippen LogP contribution < -0.4 is 11.1 Å². The highest BCUT2D eigenvalue weighted by molar-refractivity contribution is 6.43. The molecule has 0 bridgehead atoms. The molecule has 2 rings (SSSR count). The number of aromatic nitrogens is 2. The minimum atomic E-state index is 0.453. The molecular formula is C10H10Cl2N4. The lowest BCUT2D eigenvalue weighted by Gasteiger charge is -2.07. The van der Waals surface area contributed by atoms with E-state index in [1.54, 1.807) is 30.1 Å². The maximum absolute atomic E-state index is 6.03. The molecule has 0 saturated carbocycles. The molecule has 0 radical (unpaired) electrons. The van der Waals surface area contributed by atoms with Gasteiger partial charge in [-0.15, -0.1) is 0 Å². The van der Waals surface area contributed by atoms with Crippen LogP contribution in [0.5, 0.6) is 0 Å². The van der Waals surface area contributed by atoms with Gasteiger partial charge in [0.2, 0.25) is 0 Å². The number of nitrogens with two attached hydrogens (primary N) is 1. The number of nitrogen functional groups attached to an aromatic ring is 1.